The zero-order valence-electron chi connectivity index (χ0n) is 8.26. The van der Waals surface area contributed by atoms with Crippen molar-refractivity contribution in [1.29, 1.82) is 0 Å². The van der Waals surface area contributed by atoms with Gasteiger partial charge in [0.05, 0.1) is 18.3 Å². The first-order valence-corrected chi connectivity index (χ1v) is 5.09. The molecule has 1 saturated heterocycles. The Labute approximate surface area is 87.1 Å². The normalized spacial score (nSPS) is 21.2. The Kier molecular flexibility index (Phi) is 1.89. The van der Waals surface area contributed by atoms with Crippen molar-refractivity contribution in [3.8, 4) is 5.88 Å². The Balaban J connectivity index is 2.18. The summed E-state index contributed by atoms with van der Waals surface area (Å²) in [7, 11) is 0. The SMILES string of the molecule is Oc1cccc2cnc(C3CCOC3)n12. The van der Waals surface area contributed by atoms with Crippen molar-refractivity contribution < 1.29 is 9.84 Å². The number of hydrogen-bond acceptors (Lipinski definition) is 3. The molecule has 1 fully saturated rings. The molecule has 1 atom stereocenters. The Morgan fingerprint density at radius 2 is 2.40 bits per heavy atom. The third kappa shape index (κ3) is 1.29. The highest BCUT2D eigenvalue weighted by Crippen LogP contribution is 2.27. The van der Waals surface area contributed by atoms with Crippen molar-refractivity contribution in [2.45, 2.75) is 12.3 Å². The van der Waals surface area contributed by atoms with Crippen LogP contribution in [-0.2, 0) is 4.74 Å². The molecule has 1 aliphatic rings. The average molecular weight is 204 g/mol. The van der Waals surface area contributed by atoms with E-state index in [0.29, 0.717) is 12.5 Å². The third-order valence-electron chi connectivity index (χ3n) is 2.85. The van der Waals surface area contributed by atoms with Gasteiger partial charge >= 0.3 is 0 Å². The Hall–Kier alpha value is -1.55. The summed E-state index contributed by atoms with van der Waals surface area (Å²) >= 11 is 0. The maximum atomic E-state index is 9.78. The fourth-order valence-corrected chi connectivity index (χ4v) is 2.08. The molecule has 0 aromatic carbocycles. The molecular formula is C11H12N2O2. The molecular weight excluding hydrogens is 192 g/mol. The van der Waals surface area contributed by atoms with Gasteiger partial charge in [0.15, 0.2) is 5.88 Å². The number of fused-ring (bicyclic) bond motifs is 1. The van der Waals surface area contributed by atoms with Crippen molar-refractivity contribution >= 4 is 5.52 Å². The molecule has 0 spiro atoms. The monoisotopic (exact) mass is 204 g/mol. The second kappa shape index (κ2) is 3.24. The van der Waals surface area contributed by atoms with E-state index in [2.05, 4.69) is 4.98 Å². The van der Waals surface area contributed by atoms with Crippen molar-refractivity contribution in [1.82, 2.24) is 9.38 Å². The van der Waals surface area contributed by atoms with Crippen LogP contribution in [0.3, 0.4) is 0 Å². The number of imidazole rings is 1. The maximum absolute atomic E-state index is 9.78. The Morgan fingerprint density at radius 3 is 3.20 bits per heavy atom. The van der Waals surface area contributed by atoms with Gasteiger partial charge in [-0.25, -0.2) is 4.98 Å². The molecule has 78 valence electrons. The quantitative estimate of drug-likeness (QED) is 0.766. The lowest BCUT2D eigenvalue weighted by Crippen LogP contribution is -2.04. The molecule has 4 nitrogen and oxygen atoms in total. The minimum Gasteiger partial charge on any atom is -0.494 e. The molecule has 1 N–H and O–H groups in total. The number of aromatic hydroxyl groups is 1. The summed E-state index contributed by atoms with van der Waals surface area (Å²) in [6.45, 7) is 1.49. The van der Waals surface area contributed by atoms with Crippen LogP contribution in [0.5, 0.6) is 5.88 Å². The summed E-state index contributed by atoms with van der Waals surface area (Å²) in [6, 6.07) is 5.43. The maximum Gasteiger partial charge on any atom is 0.197 e. The van der Waals surface area contributed by atoms with Crippen LogP contribution in [0.1, 0.15) is 18.2 Å². The van der Waals surface area contributed by atoms with Gasteiger partial charge in [0.25, 0.3) is 0 Å². The topological polar surface area (TPSA) is 46.8 Å². The first-order chi connectivity index (χ1) is 7.36. The molecule has 15 heavy (non-hydrogen) atoms. The largest absolute Gasteiger partial charge is 0.494 e. The summed E-state index contributed by atoms with van der Waals surface area (Å²) in [4.78, 5) is 4.36. The van der Waals surface area contributed by atoms with E-state index >= 15 is 0 Å². The van der Waals surface area contributed by atoms with Gasteiger partial charge in [-0.2, -0.15) is 0 Å². The number of hydrogen-bond donors (Lipinski definition) is 1. The lowest BCUT2D eigenvalue weighted by molar-refractivity contribution is 0.193. The molecule has 0 bridgehead atoms. The minimum atomic E-state index is 0.243. The smallest absolute Gasteiger partial charge is 0.197 e. The second-order valence-corrected chi connectivity index (χ2v) is 3.82. The Morgan fingerprint density at radius 1 is 1.47 bits per heavy atom. The molecule has 0 saturated carbocycles. The standard InChI is InChI=1S/C11H12N2O2/c14-10-3-1-2-9-6-12-11(13(9)10)8-4-5-15-7-8/h1-3,6,8,14H,4-5,7H2. The molecule has 3 rings (SSSR count). The highest BCUT2D eigenvalue weighted by atomic mass is 16.5. The van der Waals surface area contributed by atoms with Gasteiger partial charge < -0.3 is 9.84 Å². The number of pyridine rings is 1. The van der Waals surface area contributed by atoms with Gasteiger partial charge in [-0.15, -0.1) is 0 Å². The first-order valence-electron chi connectivity index (χ1n) is 5.09. The third-order valence-corrected chi connectivity index (χ3v) is 2.85. The van der Waals surface area contributed by atoms with Gasteiger partial charge in [0.1, 0.15) is 5.82 Å². The minimum absolute atomic E-state index is 0.243. The van der Waals surface area contributed by atoms with Gasteiger partial charge in [-0.1, -0.05) is 6.07 Å². The summed E-state index contributed by atoms with van der Waals surface area (Å²) in [6.07, 6.45) is 2.76. The molecule has 2 aromatic heterocycles. The molecule has 1 unspecified atom stereocenters. The van der Waals surface area contributed by atoms with E-state index < -0.39 is 0 Å². The summed E-state index contributed by atoms with van der Waals surface area (Å²) < 4.78 is 7.13. The lowest BCUT2D eigenvalue weighted by atomic mass is 10.1. The van der Waals surface area contributed by atoms with E-state index in [9.17, 15) is 5.11 Å². The summed E-state index contributed by atoms with van der Waals surface area (Å²) in [5.74, 6) is 1.45. The van der Waals surface area contributed by atoms with Crippen molar-refractivity contribution in [2.24, 2.45) is 0 Å². The van der Waals surface area contributed by atoms with E-state index in [-0.39, 0.29) is 5.88 Å². The van der Waals surface area contributed by atoms with Crippen LogP contribution in [0, 0.1) is 0 Å². The van der Waals surface area contributed by atoms with Crippen LogP contribution in [-0.4, -0.2) is 27.7 Å². The summed E-state index contributed by atoms with van der Waals surface area (Å²) in [5, 5.41) is 9.78. The number of ether oxygens (including phenoxy) is 1. The van der Waals surface area contributed by atoms with Crippen LogP contribution in [0.4, 0.5) is 0 Å². The first kappa shape index (κ1) is 8.73. The zero-order chi connectivity index (χ0) is 10.3. The van der Waals surface area contributed by atoms with Crippen molar-refractivity contribution in [2.75, 3.05) is 13.2 Å². The summed E-state index contributed by atoms with van der Waals surface area (Å²) in [5.41, 5.74) is 0.928. The molecule has 0 amide bonds. The van der Waals surface area contributed by atoms with E-state index in [4.69, 9.17) is 4.74 Å². The van der Waals surface area contributed by atoms with Crippen LogP contribution < -0.4 is 0 Å². The molecule has 3 heterocycles. The van der Waals surface area contributed by atoms with Gasteiger partial charge in [-0.3, -0.25) is 4.40 Å². The number of rotatable bonds is 1. The van der Waals surface area contributed by atoms with Crippen LogP contribution in [0.2, 0.25) is 0 Å². The van der Waals surface area contributed by atoms with Gasteiger partial charge in [-0.05, 0) is 18.6 Å². The van der Waals surface area contributed by atoms with E-state index in [1.54, 1.807) is 16.7 Å². The van der Waals surface area contributed by atoms with Gasteiger partial charge in [0, 0.05) is 12.5 Å². The molecule has 0 aliphatic carbocycles. The zero-order valence-corrected chi connectivity index (χ0v) is 8.26. The molecule has 1 aliphatic heterocycles. The lowest BCUT2D eigenvalue weighted by Gasteiger charge is -2.07. The predicted molar refractivity (Wildman–Crippen MR) is 55.0 cm³/mol. The highest BCUT2D eigenvalue weighted by molar-refractivity contribution is 5.49. The van der Waals surface area contributed by atoms with Crippen molar-refractivity contribution in [3.63, 3.8) is 0 Å². The number of aromatic nitrogens is 2. The molecule has 4 heteroatoms. The van der Waals surface area contributed by atoms with Crippen LogP contribution >= 0.6 is 0 Å². The fraction of sp³-hybridized carbons (Fsp3) is 0.364. The second-order valence-electron chi connectivity index (χ2n) is 3.82. The highest BCUT2D eigenvalue weighted by Gasteiger charge is 2.22. The van der Waals surface area contributed by atoms with Crippen LogP contribution in [0.25, 0.3) is 5.52 Å². The predicted octanol–water partition coefficient (Wildman–Crippen LogP) is 1.54. The van der Waals surface area contributed by atoms with Crippen molar-refractivity contribution in [3.05, 3.63) is 30.2 Å². The van der Waals surface area contributed by atoms with E-state index in [1.807, 2.05) is 12.1 Å². The van der Waals surface area contributed by atoms with Crippen LogP contribution in [0.15, 0.2) is 24.4 Å². The van der Waals surface area contributed by atoms with E-state index in [0.717, 1.165) is 24.4 Å². The molecule has 0 radical (unpaired) electrons. The average Bonchev–Trinajstić information content (AvgIpc) is 2.85. The Bertz CT molecular complexity index is 486. The van der Waals surface area contributed by atoms with E-state index in [1.165, 1.54) is 0 Å². The van der Waals surface area contributed by atoms with Gasteiger partial charge in [0.2, 0.25) is 0 Å². The molecule has 2 aromatic rings. The fourth-order valence-electron chi connectivity index (χ4n) is 2.08. The number of nitrogens with zero attached hydrogens (tertiary/aromatic N) is 2.